The molecule has 49 heavy (non-hydrogen) atoms. The summed E-state index contributed by atoms with van der Waals surface area (Å²) in [6.45, 7) is 23.9. The van der Waals surface area contributed by atoms with Crippen molar-refractivity contribution in [3.63, 3.8) is 0 Å². The lowest BCUT2D eigenvalue weighted by Gasteiger charge is -2.73. The molecule has 0 heterocycles. The van der Waals surface area contributed by atoms with E-state index in [9.17, 15) is 19.5 Å². The molecular formula is C42H69NO6. The molecule has 0 radical (unpaired) electrons. The van der Waals surface area contributed by atoms with E-state index < -0.39 is 11.4 Å². The van der Waals surface area contributed by atoms with Gasteiger partial charge < -0.3 is 14.6 Å². The maximum Gasteiger partial charge on any atom is 0.320 e. The van der Waals surface area contributed by atoms with Gasteiger partial charge in [-0.1, -0.05) is 60.6 Å². The number of fused-ring (bicyclic) bond motifs is 7. The van der Waals surface area contributed by atoms with Gasteiger partial charge in [-0.25, -0.2) is 0 Å². The first-order chi connectivity index (χ1) is 22.6. The van der Waals surface area contributed by atoms with Crippen molar-refractivity contribution in [1.29, 1.82) is 0 Å². The van der Waals surface area contributed by atoms with Crippen LogP contribution < -0.4 is 0 Å². The summed E-state index contributed by atoms with van der Waals surface area (Å²) in [4.78, 5) is 38.9. The van der Waals surface area contributed by atoms with Gasteiger partial charge in [0.1, 0.15) is 6.10 Å². The van der Waals surface area contributed by atoms with Gasteiger partial charge in [0, 0.05) is 5.41 Å². The largest absolute Gasteiger partial charge is 0.481 e. The second kappa shape index (κ2) is 13.3. The number of hydrogen-bond donors (Lipinski definition) is 1. The van der Waals surface area contributed by atoms with Crippen molar-refractivity contribution < 1.29 is 29.0 Å². The van der Waals surface area contributed by atoms with Crippen LogP contribution in [0.3, 0.4) is 0 Å². The van der Waals surface area contributed by atoms with Crippen LogP contribution in [0.5, 0.6) is 0 Å². The molecule has 0 saturated heterocycles. The maximum absolute atomic E-state index is 13.2. The zero-order valence-corrected chi connectivity index (χ0v) is 32.7. The van der Waals surface area contributed by atoms with Crippen molar-refractivity contribution >= 4 is 17.9 Å². The van der Waals surface area contributed by atoms with Crippen molar-refractivity contribution in [2.45, 2.75) is 145 Å². The topological polar surface area (TPSA) is 93.1 Å². The van der Waals surface area contributed by atoms with Gasteiger partial charge in [0.05, 0.1) is 26.0 Å². The number of ether oxygens (including phenoxy) is 2. The molecule has 0 aromatic rings. The van der Waals surface area contributed by atoms with E-state index in [2.05, 4.69) is 48.1 Å². The summed E-state index contributed by atoms with van der Waals surface area (Å²) in [6, 6.07) is 0. The lowest BCUT2D eigenvalue weighted by molar-refractivity contribution is -0.251. The van der Waals surface area contributed by atoms with E-state index in [4.69, 9.17) is 9.47 Å². The van der Waals surface area contributed by atoms with Gasteiger partial charge in [-0.15, -0.1) is 0 Å². The lowest BCUT2D eigenvalue weighted by Crippen LogP contribution is -2.66. The normalized spacial score (nSPS) is 41.1. The molecule has 5 aliphatic carbocycles. The molecule has 0 bridgehead atoms. The molecule has 5 rings (SSSR count). The van der Waals surface area contributed by atoms with Gasteiger partial charge in [0.25, 0.3) is 0 Å². The van der Waals surface area contributed by atoms with Crippen LogP contribution in [0.1, 0.15) is 139 Å². The van der Waals surface area contributed by atoms with Crippen molar-refractivity contribution in [2.75, 3.05) is 27.2 Å². The highest BCUT2D eigenvalue weighted by Gasteiger charge is 2.71. The first-order valence-corrected chi connectivity index (χ1v) is 19.5. The summed E-state index contributed by atoms with van der Waals surface area (Å²) in [7, 11) is 3.82. The SMILES string of the molecule is C=C(C)[C@@H]1CC[C@]2(CCOC(=O)CN(C)C)CC[C@]3(C)[C@H](CC[C@@H]4[C@@]5(C)CC[C@H](OC(=O)CC(C)(C)CC(=O)O)C(C)(C)[C@@H]5CC[C@]43C)[C@@H]12. The van der Waals surface area contributed by atoms with Crippen LogP contribution in [0.25, 0.3) is 0 Å². The van der Waals surface area contributed by atoms with E-state index in [-0.39, 0.29) is 58.0 Å². The monoisotopic (exact) mass is 684 g/mol. The van der Waals surface area contributed by atoms with Crippen LogP contribution in [0.4, 0.5) is 0 Å². The highest BCUT2D eigenvalue weighted by atomic mass is 16.5. The highest BCUT2D eigenvalue weighted by Crippen LogP contribution is 2.78. The average molecular weight is 684 g/mol. The highest BCUT2D eigenvalue weighted by molar-refractivity contribution is 5.73. The Labute approximate surface area is 297 Å². The number of hydrogen-bond acceptors (Lipinski definition) is 6. The fourth-order valence-corrected chi connectivity index (χ4v) is 13.6. The molecule has 0 aromatic heterocycles. The molecule has 5 saturated carbocycles. The quantitative estimate of drug-likeness (QED) is 0.172. The van der Waals surface area contributed by atoms with Gasteiger partial charge in [-0.2, -0.15) is 0 Å². The minimum atomic E-state index is -0.881. The number of aliphatic carboxylic acids is 1. The molecule has 278 valence electrons. The number of likely N-dealkylation sites (N-methyl/N-ethyl adjacent to an activating group) is 1. The standard InChI is InChI=1S/C42H69NO6/c1-27(2)28-14-19-42(22-23-48-35(47)26-43(10)11)21-20-40(8)29(36(28)42)12-13-31-39(7)17-16-32(38(5,6)30(39)15-18-41(31,40)9)49-34(46)25-37(3,4)24-33(44)45/h28-32,36H,1,12-26H2,2-11H3,(H,44,45)/t28-,29+,30-,31+,32-,36+,39-,40+,41+,42+/m0/s1. The summed E-state index contributed by atoms with van der Waals surface area (Å²) in [5.74, 6) is 1.59. The minimum Gasteiger partial charge on any atom is -0.481 e. The van der Waals surface area contributed by atoms with Crippen LogP contribution in [0, 0.1) is 62.1 Å². The number of esters is 2. The third kappa shape index (κ3) is 6.65. The van der Waals surface area contributed by atoms with Crippen LogP contribution in [-0.4, -0.2) is 61.3 Å². The Morgan fingerprint density at radius 2 is 1.53 bits per heavy atom. The predicted molar refractivity (Wildman–Crippen MR) is 194 cm³/mol. The van der Waals surface area contributed by atoms with E-state index in [1.165, 1.54) is 50.5 Å². The first-order valence-electron chi connectivity index (χ1n) is 19.5. The average Bonchev–Trinajstić information content (AvgIpc) is 3.33. The van der Waals surface area contributed by atoms with Crippen LogP contribution in [-0.2, 0) is 23.9 Å². The number of rotatable bonds is 11. The Morgan fingerprint density at radius 1 is 0.837 bits per heavy atom. The van der Waals surface area contributed by atoms with E-state index in [0.29, 0.717) is 42.7 Å². The third-order valence-electron chi connectivity index (χ3n) is 16.0. The Balaban J connectivity index is 1.36. The molecule has 7 heteroatoms. The second-order valence-electron chi connectivity index (χ2n) is 20.0. The van der Waals surface area contributed by atoms with Crippen LogP contribution >= 0.6 is 0 Å². The van der Waals surface area contributed by atoms with Gasteiger partial charge >= 0.3 is 17.9 Å². The van der Waals surface area contributed by atoms with Crippen molar-refractivity contribution in [3.8, 4) is 0 Å². The van der Waals surface area contributed by atoms with E-state index in [0.717, 1.165) is 25.7 Å². The van der Waals surface area contributed by atoms with Gasteiger partial charge in [-0.3, -0.25) is 19.3 Å². The molecule has 0 aliphatic heterocycles. The Hall–Kier alpha value is -1.89. The van der Waals surface area contributed by atoms with Gasteiger partial charge in [-0.05, 0) is 148 Å². The number of carbonyl (C=O) groups excluding carboxylic acids is 2. The summed E-state index contributed by atoms with van der Waals surface area (Å²) in [5.41, 5.74) is 1.42. The Morgan fingerprint density at radius 3 is 2.16 bits per heavy atom. The van der Waals surface area contributed by atoms with Crippen molar-refractivity contribution in [1.82, 2.24) is 4.90 Å². The summed E-state index contributed by atoms with van der Waals surface area (Å²) in [6.07, 6.45) is 12.6. The number of carbonyl (C=O) groups is 3. The van der Waals surface area contributed by atoms with Crippen LogP contribution in [0.2, 0.25) is 0 Å². The van der Waals surface area contributed by atoms with Crippen LogP contribution in [0.15, 0.2) is 12.2 Å². The van der Waals surface area contributed by atoms with E-state index >= 15 is 0 Å². The summed E-state index contributed by atoms with van der Waals surface area (Å²) in [5, 5.41) is 9.33. The van der Waals surface area contributed by atoms with Gasteiger partial charge in [0.15, 0.2) is 0 Å². The molecular weight excluding hydrogens is 614 g/mol. The Bertz CT molecular complexity index is 1300. The third-order valence-corrected chi connectivity index (χ3v) is 16.0. The molecule has 0 aromatic carbocycles. The summed E-state index contributed by atoms with van der Waals surface area (Å²) >= 11 is 0. The van der Waals surface area contributed by atoms with Crippen molar-refractivity contribution in [2.24, 2.45) is 62.1 Å². The second-order valence-corrected chi connectivity index (χ2v) is 20.0. The predicted octanol–water partition coefficient (Wildman–Crippen LogP) is 8.94. The number of allylic oxidation sites excluding steroid dienone is 1. The lowest BCUT2D eigenvalue weighted by atomic mass is 9.32. The molecule has 10 atom stereocenters. The number of carboxylic acids is 1. The smallest absolute Gasteiger partial charge is 0.320 e. The first kappa shape index (κ1) is 38.3. The number of carboxylic acid groups (broad SMARTS) is 1. The zero-order valence-electron chi connectivity index (χ0n) is 32.7. The van der Waals surface area contributed by atoms with E-state index in [1.807, 2.05) is 32.8 Å². The molecule has 5 fully saturated rings. The molecule has 7 nitrogen and oxygen atoms in total. The molecule has 1 N–H and O–H groups in total. The fourth-order valence-electron chi connectivity index (χ4n) is 13.6. The van der Waals surface area contributed by atoms with Gasteiger partial charge in [0.2, 0.25) is 0 Å². The Kier molecular flexibility index (Phi) is 10.4. The molecule has 0 amide bonds. The summed E-state index contributed by atoms with van der Waals surface area (Å²) < 4.78 is 12.1. The van der Waals surface area contributed by atoms with Crippen molar-refractivity contribution in [3.05, 3.63) is 12.2 Å². The minimum absolute atomic E-state index is 0.0454. The fraction of sp³-hybridized carbons (Fsp3) is 0.881. The molecule has 0 spiro atoms. The maximum atomic E-state index is 13.2. The molecule has 0 unspecified atom stereocenters. The molecule has 5 aliphatic rings. The zero-order chi connectivity index (χ0) is 36.4. The number of nitrogens with zero attached hydrogens (tertiary/aromatic N) is 1. The van der Waals surface area contributed by atoms with E-state index in [1.54, 1.807) is 0 Å².